The lowest BCUT2D eigenvalue weighted by atomic mass is 10.2. The number of aldehydes is 1. The van der Waals surface area contributed by atoms with E-state index in [1.807, 2.05) is 0 Å². The van der Waals surface area contributed by atoms with Crippen molar-refractivity contribution in [1.29, 1.82) is 0 Å². The number of rotatable bonds is 7. The van der Waals surface area contributed by atoms with Crippen molar-refractivity contribution in [3.8, 4) is 11.5 Å². The number of hydrogen-bond acceptors (Lipinski definition) is 8. The topological polar surface area (TPSA) is 101 Å². The minimum absolute atomic E-state index is 0.0915. The molecule has 0 aromatic carbocycles. The maximum atomic E-state index is 11.8. The highest BCUT2D eigenvalue weighted by atomic mass is 16.6. The zero-order chi connectivity index (χ0) is 20.0. The Morgan fingerprint density at radius 1 is 0.923 bits per heavy atom. The molecule has 144 valence electrons. The second-order valence-corrected chi connectivity index (χ2v) is 7.42. The summed E-state index contributed by atoms with van der Waals surface area (Å²) in [5.41, 5.74) is -1.20. The van der Waals surface area contributed by atoms with Gasteiger partial charge in [0.25, 0.3) is 0 Å². The van der Waals surface area contributed by atoms with E-state index in [0.29, 0.717) is 6.29 Å². The SMILES string of the molecule is CC(C)(C)OC(=O)COc1cnc(C=O)cc1OCC(=O)OC(C)(C)C. The Kier molecular flexibility index (Phi) is 7.11. The number of carbonyl (C=O) groups is 3. The molecule has 0 saturated carbocycles. The van der Waals surface area contributed by atoms with Gasteiger partial charge in [0.05, 0.1) is 6.20 Å². The second kappa shape index (κ2) is 8.64. The summed E-state index contributed by atoms with van der Waals surface area (Å²) < 4.78 is 21.0. The Morgan fingerprint density at radius 2 is 1.38 bits per heavy atom. The summed E-state index contributed by atoms with van der Waals surface area (Å²) in [6.45, 7) is 9.65. The molecule has 0 saturated heterocycles. The molecule has 0 fully saturated rings. The van der Waals surface area contributed by atoms with Crippen LogP contribution in [-0.2, 0) is 19.1 Å². The smallest absolute Gasteiger partial charge is 0.344 e. The Bertz CT molecular complexity index is 656. The van der Waals surface area contributed by atoms with E-state index in [1.54, 1.807) is 41.5 Å². The van der Waals surface area contributed by atoms with Crippen molar-refractivity contribution < 1.29 is 33.3 Å². The maximum Gasteiger partial charge on any atom is 0.344 e. The van der Waals surface area contributed by atoms with Crippen LogP contribution in [-0.4, -0.2) is 47.6 Å². The van der Waals surface area contributed by atoms with Crippen LogP contribution in [0.4, 0.5) is 0 Å². The van der Waals surface area contributed by atoms with Crippen molar-refractivity contribution >= 4 is 18.2 Å². The quantitative estimate of drug-likeness (QED) is 0.535. The predicted molar refractivity (Wildman–Crippen MR) is 92.3 cm³/mol. The first-order valence-electron chi connectivity index (χ1n) is 8.04. The van der Waals surface area contributed by atoms with Crippen molar-refractivity contribution in [3.05, 3.63) is 18.0 Å². The van der Waals surface area contributed by atoms with Gasteiger partial charge in [0.15, 0.2) is 31.0 Å². The van der Waals surface area contributed by atoms with E-state index in [-0.39, 0.29) is 30.4 Å². The first-order valence-corrected chi connectivity index (χ1v) is 8.04. The van der Waals surface area contributed by atoms with Gasteiger partial charge >= 0.3 is 11.9 Å². The summed E-state index contributed by atoms with van der Waals surface area (Å²) in [5.74, 6) is -0.961. The summed E-state index contributed by atoms with van der Waals surface area (Å²) in [6.07, 6.45) is 1.76. The third-order valence-electron chi connectivity index (χ3n) is 2.50. The van der Waals surface area contributed by atoms with Crippen LogP contribution in [0.2, 0.25) is 0 Å². The zero-order valence-corrected chi connectivity index (χ0v) is 16.0. The number of ether oxygens (including phenoxy) is 4. The lowest BCUT2D eigenvalue weighted by Crippen LogP contribution is -2.28. The van der Waals surface area contributed by atoms with Crippen molar-refractivity contribution in [2.75, 3.05) is 13.2 Å². The molecule has 0 spiro atoms. The number of hydrogen-bond donors (Lipinski definition) is 0. The van der Waals surface area contributed by atoms with Gasteiger partial charge in [0.1, 0.15) is 16.9 Å². The number of nitrogens with zero attached hydrogens (tertiary/aromatic N) is 1. The highest BCUT2D eigenvalue weighted by Crippen LogP contribution is 2.27. The molecule has 8 nitrogen and oxygen atoms in total. The maximum absolute atomic E-state index is 11.8. The van der Waals surface area contributed by atoms with E-state index in [4.69, 9.17) is 18.9 Å². The Hall–Kier alpha value is -2.64. The predicted octanol–water partition coefficient (Wildman–Crippen LogP) is 2.34. The van der Waals surface area contributed by atoms with E-state index < -0.39 is 23.1 Å². The molecule has 1 aromatic rings. The molecule has 0 unspecified atom stereocenters. The molecule has 1 rings (SSSR count). The van der Waals surface area contributed by atoms with E-state index in [2.05, 4.69) is 4.98 Å². The van der Waals surface area contributed by atoms with Gasteiger partial charge in [-0.15, -0.1) is 0 Å². The third kappa shape index (κ3) is 8.46. The van der Waals surface area contributed by atoms with Gasteiger partial charge in [-0.25, -0.2) is 14.6 Å². The molecular weight excluding hydrogens is 342 g/mol. The molecule has 0 aliphatic carbocycles. The van der Waals surface area contributed by atoms with Crippen molar-refractivity contribution in [1.82, 2.24) is 4.98 Å². The van der Waals surface area contributed by atoms with Crippen LogP contribution in [0, 0.1) is 0 Å². The minimum atomic E-state index is -0.650. The van der Waals surface area contributed by atoms with Crippen molar-refractivity contribution in [2.45, 2.75) is 52.7 Å². The van der Waals surface area contributed by atoms with Gasteiger partial charge in [-0.2, -0.15) is 0 Å². The van der Waals surface area contributed by atoms with Crippen LogP contribution in [0.15, 0.2) is 12.3 Å². The summed E-state index contributed by atoms with van der Waals surface area (Å²) in [6, 6.07) is 1.31. The Morgan fingerprint density at radius 3 is 1.81 bits per heavy atom. The van der Waals surface area contributed by atoms with Crippen LogP contribution < -0.4 is 9.47 Å². The summed E-state index contributed by atoms with van der Waals surface area (Å²) in [7, 11) is 0. The van der Waals surface area contributed by atoms with Gasteiger partial charge in [-0.1, -0.05) is 0 Å². The highest BCUT2D eigenvalue weighted by Gasteiger charge is 2.20. The van der Waals surface area contributed by atoms with E-state index in [1.165, 1.54) is 12.3 Å². The van der Waals surface area contributed by atoms with E-state index in [9.17, 15) is 14.4 Å². The second-order valence-electron chi connectivity index (χ2n) is 7.42. The standard InChI is InChI=1S/C18H25NO7/c1-17(2,3)25-15(21)10-23-13-7-12(9-20)19-8-14(13)24-11-16(22)26-18(4,5)6/h7-9H,10-11H2,1-6H3. The normalized spacial score (nSPS) is 11.5. The number of carbonyl (C=O) groups excluding carboxylic acids is 3. The highest BCUT2D eigenvalue weighted by molar-refractivity contribution is 5.74. The van der Waals surface area contributed by atoms with Crippen LogP contribution in [0.1, 0.15) is 52.0 Å². The first-order chi connectivity index (χ1) is 11.9. The largest absolute Gasteiger partial charge is 0.478 e. The number of aromatic nitrogens is 1. The molecular formula is C18H25NO7. The first kappa shape index (κ1) is 21.4. The lowest BCUT2D eigenvalue weighted by Gasteiger charge is -2.20. The monoisotopic (exact) mass is 367 g/mol. The van der Waals surface area contributed by atoms with E-state index in [0.717, 1.165) is 0 Å². The van der Waals surface area contributed by atoms with Gasteiger partial charge in [0, 0.05) is 6.07 Å². The number of esters is 2. The molecule has 1 heterocycles. The molecule has 0 aliphatic rings. The van der Waals surface area contributed by atoms with Crippen LogP contribution in [0.5, 0.6) is 11.5 Å². The molecule has 0 radical (unpaired) electrons. The molecule has 8 heteroatoms. The molecule has 0 atom stereocenters. The zero-order valence-electron chi connectivity index (χ0n) is 16.0. The van der Waals surface area contributed by atoms with Crippen LogP contribution in [0.25, 0.3) is 0 Å². The Labute approximate surface area is 152 Å². The fourth-order valence-electron chi connectivity index (χ4n) is 1.74. The van der Waals surface area contributed by atoms with Gasteiger partial charge in [-0.3, -0.25) is 4.79 Å². The summed E-state index contributed by atoms with van der Waals surface area (Å²) in [5, 5.41) is 0. The molecule has 26 heavy (non-hydrogen) atoms. The fourth-order valence-corrected chi connectivity index (χ4v) is 1.74. The van der Waals surface area contributed by atoms with Gasteiger partial charge < -0.3 is 18.9 Å². The van der Waals surface area contributed by atoms with E-state index >= 15 is 0 Å². The van der Waals surface area contributed by atoms with Crippen LogP contribution in [0.3, 0.4) is 0 Å². The molecule has 1 aromatic heterocycles. The van der Waals surface area contributed by atoms with Crippen LogP contribution >= 0.6 is 0 Å². The Balaban J connectivity index is 2.78. The molecule has 0 N–H and O–H groups in total. The lowest BCUT2D eigenvalue weighted by molar-refractivity contribution is -0.158. The molecule has 0 amide bonds. The average Bonchev–Trinajstić information content (AvgIpc) is 2.47. The van der Waals surface area contributed by atoms with Crippen molar-refractivity contribution in [3.63, 3.8) is 0 Å². The molecule has 0 bridgehead atoms. The third-order valence-corrected chi connectivity index (χ3v) is 2.50. The fraction of sp³-hybridized carbons (Fsp3) is 0.556. The minimum Gasteiger partial charge on any atom is -0.478 e. The van der Waals surface area contributed by atoms with Crippen molar-refractivity contribution in [2.24, 2.45) is 0 Å². The molecule has 0 aliphatic heterocycles. The van der Waals surface area contributed by atoms with Gasteiger partial charge in [0.2, 0.25) is 0 Å². The van der Waals surface area contributed by atoms with Gasteiger partial charge in [-0.05, 0) is 41.5 Å². The summed E-state index contributed by atoms with van der Waals surface area (Å²) >= 11 is 0. The summed E-state index contributed by atoms with van der Waals surface area (Å²) in [4.78, 5) is 38.3. The average molecular weight is 367 g/mol. The number of pyridine rings is 1.